The highest BCUT2D eigenvalue weighted by Gasteiger charge is 2.43. The molecule has 1 fully saturated rings. The van der Waals surface area contributed by atoms with Crippen molar-refractivity contribution in [3.8, 4) is 0 Å². The van der Waals surface area contributed by atoms with E-state index in [0.717, 1.165) is 25.0 Å². The molecule has 0 aromatic carbocycles. The number of thioether (sulfide) groups is 1. The average molecular weight is 259 g/mol. The largest absolute Gasteiger partial charge is 0.480 e. The number of aliphatic carboxylic acids is 1. The highest BCUT2D eigenvalue weighted by molar-refractivity contribution is 7.99. The number of carbonyl (C=O) groups is 1. The van der Waals surface area contributed by atoms with Crippen LogP contribution in [0, 0.1) is 0 Å². The van der Waals surface area contributed by atoms with Crippen LogP contribution in [-0.2, 0) is 4.79 Å². The predicted molar refractivity (Wildman–Crippen MR) is 73.6 cm³/mol. The van der Waals surface area contributed by atoms with E-state index in [0.29, 0.717) is 5.25 Å². The Labute approximate surface area is 109 Å². The summed E-state index contributed by atoms with van der Waals surface area (Å²) in [5.41, 5.74) is -0.683. The third-order valence-electron chi connectivity index (χ3n) is 3.24. The molecule has 100 valence electrons. The molecule has 0 aliphatic heterocycles. The van der Waals surface area contributed by atoms with Crippen molar-refractivity contribution in [3.63, 3.8) is 0 Å². The van der Waals surface area contributed by atoms with E-state index in [-0.39, 0.29) is 6.04 Å². The Kier molecular flexibility index (Phi) is 5.80. The van der Waals surface area contributed by atoms with Crippen LogP contribution >= 0.6 is 11.8 Å². The van der Waals surface area contributed by atoms with E-state index in [4.69, 9.17) is 0 Å². The second-order valence-corrected chi connectivity index (χ2v) is 6.68. The van der Waals surface area contributed by atoms with Crippen molar-refractivity contribution in [3.05, 3.63) is 0 Å². The third kappa shape index (κ3) is 4.18. The van der Waals surface area contributed by atoms with Gasteiger partial charge in [-0.2, -0.15) is 11.8 Å². The SMILES string of the molecule is CCCSC1CCCC(NC(C)C)(C(=O)O)C1. The zero-order valence-electron chi connectivity index (χ0n) is 11.2. The number of rotatable bonds is 6. The molecule has 0 aromatic heterocycles. The first-order valence-electron chi connectivity index (χ1n) is 6.63. The zero-order chi connectivity index (χ0) is 12.9. The molecule has 0 aromatic rings. The Morgan fingerprint density at radius 3 is 2.82 bits per heavy atom. The normalized spacial score (nSPS) is 29.5. The van der Waals surface area contributed by atoms with E-state index in [1.807, 2.05) is 25.6 Å². The maximum atomic E-state index is 11.6. The van der Waals surface area contributed by atoms with E-state index in [1.54, 1.807) is 0 Å². The van der Waals surface area contributed by atoms with Gasteiger partial charge in [-0.25, -0.2) is 0 Å². The molecule has 0 saturated heterocycles. The topological polar surface area (TPSA) is 49.3 Å². The number of nitrogens with one attached hydrogen (secondary N) is 1. The maximum Gasteiger partial charge on any atom is 0.323 e. The monoisotopic (exact) mass is 259 g/mol. The summed E-state index contributed by atoms with van der Waals surface area (Å²) in [7, 11) is 0. The first kappa shape index (κ1) is 14.8. The minimum atomic E-state index is -0.683. The fraction of sp³-hybridized carbons (Fsp3) is 0.923. The molecule has 0 amide bonds. The minimum Gasteiger partial charge on any atom is -0.480 e. The Hall–Kier alpha value is -0.220. The first-order chi connectivity index (χ1) is 8.00. The minimum absolute atomic E-state index is 0.223. The van der Waals surface area contributed by atoms with Crippen LogP contribution in [0.25, 0.3) is 0 Å². The molecule has 0 radical (unpaired) electrons. The highest BCUT2D eigenvalue weighted by atomic mass is 32.2. The van der Waals surface area contributed by atoms with Gasteiger partial charge < -0.3 is 5.11 Å². The van der Waals surface area contributed by atoms with Crippen molar-refractivity contribution < 1.29 is 9.90 Å². The fourth-order valence-electron chi connectivity index (χ4n) is 2.59. The van der Waals surface area contributed by atoms with Gasteiger partial charge in [0, 0.05) is 11.3 Å². The summed E-state index contributed by atoms with van der Waals surface area (Å²) in [6, 6.07) is 0.223. The van der Waals surface area contributed by atoms with E-state index in [9.17, 15) is 9.90 Å². The van der Waals surface area contributed by atoms with Crippen molar-refractivity contribution in [2.45, 2.75) is 69.7 Å². The van der Waals surface area contributed by atoms with Crippen molar-refractivity contribution in [1.82, 2.24) is 5.32 Å². The molecule has 2 N–H and O–H groups in total. The maximum absolute atomic E-state index is 11.6. The van der Waals surface area contributed by atoms with Crippen molar-refractivity contribution in [1.29, 1.82) is 0 Å². The third-order valence-corrected chi connectivity index (χ3v) is 4.76. The molecular weight excluding hydrogens is 234 g/mol. The molecule has 0 bridgehead atoms. The lowest BCUT2D eigenvalue weighted by Crippen LogP contribution is -2.57. The van der Waals surface area contributed by atoms with Gasteiger partial charge in [0.05, 0.1) is 0 Å². The quantitative estimate of drug-likeness (QED) is 0.770. The van der Waals surface area contributed by atoms with Gasteiger partial charge in [-0.15, -0.1) is 0 Å². The van der Waals surface area contributed by atoms with Crippen LogP contribution in [0.3, 0.4) is 0 Å². The van der Waals surface area contributed by atoms with Crippen LogP contribution in [0.15, 0.2) is 0 Å². The predicted octanol–water partition coefficient (Wildman–Crippen LogP) is 2.89. The van der Waals surface area contributed by atoms with Crippen LogP contribution in [0.5, 0.6) is 0 Å². The molecule has 0 spiro atoms. The zero-order valence-corrected chi connectivity index (χ0v) is 12.0. The molecule has 2 unspecified atom stereocenters. The Bertz CT molecular complexity index is 258. The fourth-order valence-corrected chi connectivity index (χ4v) is 3.90. The van der Waals surface area contributed by atoms with E-state index >= 15 is 0 Å². The lowest BCUT2D eigenvalue weighted by molar-refractivity contribution is -0.146. The lowest BCUT2D eigenvalue weighted by Gasteiger charge is -2.39. The van der Waals surface area contributed by atoms with Crippen LogP contribution in [-0.4, -0.2) is 33.7 Å². The number of hydrogen-bond acceptors (Lipinski definition) is 3. The van der Waals surface area contributed by atoms with Crippen LogP contribution in [0.2, 0.25) is 0 Å². The standard InChI is InChI=1S/C13H25NO2S/c1-4-8-17-11-6-5-7-13(9-11,12(15)16)14-10(2)3/h10-11,14H,4-9H2,1-3H3,(H,15,16). The summed E-state index contributed by atoms with van der Waals surface area (Å²) in [4.78, 5) is 11.6. The number of carboxylic acids is 1. The van der Waals surface area contributed by atoms with Crippen molar-refractivity contribution in [2.24, 2.45) is 0 Å². The second-order valence-electron chi connectivity index (χ2n) is 5.28. The molecule has 1 aliphatic carbocycles. The highest BCUT2D eigenvalue weighted by Crippen LogP contribution is 2.35. The molecule has 1 saturated carbocycles. The van der Waals surface area contributed by atoms with Gasteiger partial charge in [0.15, 0.2) is 0 Å². The lowest BCUT2D eigenvalue weighted by atomic mass is 9.81. The summed E-state index contributed by atoms with van der Waals surface area (Å²) >= 11 is 1.94. The van der Waals surface area contributed by atoms with E-state index in [1.165, 1.54) is 12.8 Å². The Morgan fingerprint density at radius 1 is 1.59 bits per heavy atom. The van der Waals surface area contributed by atoms with Gasteiger partial charge in [-0.3, -0.25) is 10.1 Å². The number of hydrogen-bond donors (Lipinski definition) is 2. The van der Waals surface area contributed by atoms with Gasteiger partial charge in [0.25, 0.3) is 0 Å². The summed E-state index contributed by atoms with van der Waals surface area (Å²) in [5.74, 6) is 0.468. The molecule has 1 aliphatic rings. The van der Waals surface area contributed by atoms with Crippen LogP contribution in [0.4, 0.5) is 0 Å². The molecular formula is C13H25NO2S. The summed E-state index contributed by atoms with van der Waals surface area (Å²) in [6.45, 7) is 6.22. The molecule has 3 nitrogen and oxygen atoms in total. The van der Waals surface area contributed by atoms with Gasteiger partial charge in [0.1, 0.15) is 5.54 Å². The summed E-state index contributed by atoms with van der Waals surface area (Å²) < 4.78 is 0. The molecule has 1 rings (SSSR count). The van der Waals surface area contributed by atoms with Gasteiger partial charge in [-0.1, -0.05) is 6.92 Å². The van der Waals surface area contributed by atoms with Gasteiger partial charge in [-0.05, 0) is 51.7 Å². The summed E-state index contributed by atoms with van der Waals surface area (Å²) in [6.07, 6.45) is 4.89. The molecule has 0 heterocycles. The van der Waals surface area contributed by atoms with Gasteiger partial charge >= 0.3 is 5.97 Å². The molecule has 2 atom stereocenters. The van der Waals surface area contributed by atoms with Crippen LogP contribution in [0.1, 0.15) is 52.9 Å². The Balaban J connectivity index is 2.66. The average Bonchev–Trinajstić information content (AvgIpc) is 2.25. The second kappa shape index (κ2) is 6.64. The Morgan fingerprint density at radius 2 is 2.29 bits per heavy atom. The van der Waals surface area contributed by atoms with Crippen molar-refractivity contribution in [2.75, 3.05) is 5.75 Å². The van der Waals surface area contributed by atoms with Gasteiger partial charge in [0.2, 0.25) is 0 Å². The summed E-state index contributed by atoms with van der Waals surface area (Å²) in [5, 5.41) is 13.3. The van der Waals surface area contributed by atoms with E-state index < -0.39 is 11.5 Å². The molecule has 17 heavy (non-hydrogen) atoms. The smallest absolute Gasteiger partial charge is 0.323 e. The van der Waals surface area contributed by atoms with E-state index in [2.05, 4.69) is 12.2 Å². The van der Waals surface area contributed by atoms with Crippen molar-refractivity contribution >= 4 is 17.7 Å². The number of carboxylic acid groups (broad SMARTS) is 1. The van der Waals surface area contributed by atoms with Crippen LogP contribution < -0.4 is 5.32 Å². The molecule has 4 heteroatoms. The first-order valence-corrected chi connectivity index (χ1v) is 7.67.